The van der Waals surface area contributed by atoms with E-state index in [1.807, 2.05) is 31.3 Å². The predicted molar refractivity (Wildman–Crippen MR) is 135 cm³/mol. The third kappa shape index (κ3) is 4.32. The van der Waals surface area contributed by atoms with Crippen LogP contribution in [-0.2, 0) is 11.3 Å². The van der Waals surface area contributed by atoms with Crippen LogP contribution in [0.3, 0.4) is 0 Å². The van der Waals surface area contributed by atoms with Gasteiger partial charge >= 0.3 is 0 Å². The number of nitrogens with zero attached hydrogens (tertiary/aromatic N) is 5. The number of nitrogens with one attached hydrogen (secondary N) is 2. The number of anilines is 1. The highest BCUT2D eigenvalue weighted by molar-refractivity contribution is 5.86. The molecular weight excluding hydrogens is 426 g/mol. The van der Waals surface area contributed by atoms with E-state index >= 15 is 0 Å². The molecule has 2 saturated heterocycles. The Bertz CT molecular complexity index is 1220. The number of aromatic nitrogens is 3. The van der Waals surface area contributed by atoms with Crippen molar-refractivity contribution in [3.8, 4) is 0 Å². The van der Waals surface area contributed by atoms with E-state index in [9.17, 15) is 4.79 Å². The molecule has 1 spiro atoms. The van der Waals surface area contributed by atoms with E-state index in [0.717, 1.165) is 56.5 Å². The minimum atomic E-state index is -0.282. The highest BCUT2D eigenvalue weighted by Gasteiger charge is 2.46. The van der Waals surface area contributed by atoms with Gasteiger partial charge in [-0.05, 0) is 44.2 Å². The minimum Gasteiger partial charge on any atom is -0.361 e. The number of carbonyl (C=O) groups is 1. The molecule has 1 aromatic carbocycles. The second-order valence-corrected chi connectivity index (χ2v) is 9.38. The lowest BCUT2D eigenvalue weighted by Gasteiger charge is -2.46. The summed E-state index contributed by atoms with van der Waals surface area (Å²) in [6, 6.07) is 10.1. The average molecular weight is 458 g/mol. The second kappa shape index (κ2) is 9.37. The maximum atomic E-state index is 13.7. The zero-order valence-electron chi connectivity index (χ0n) is 19.6. The van der Waals surface area contributed by atoms with E-state index in [1.165, 1.54) is 17.2 Å². The number of amides is 1. The van der Waals surface area contributed by atoms with Crippen molar-refractivity contribution in [1.29, 1.82) is 5.41 Å². The molecule has 8 heteroatoms. The molecule has 2 aromatic heterocycles. The summed E-state index contributed by atoms with van der Waals surface area (Å²) in [5, 5.41) is 8.33. The second-order valence-electron chi connectivity index (χ2n) is 9.38. The van der Waals surface area contributed by atoms with Crippen molar-refractivity contribution in [1.82, 2.24) is 19.9 Å². The third-order valence-electron chi connectivity index (χ3n) is 7.14. The molecular formula is C26H31N7O. The highest BCUT2D eigenvalue weighted by atomic mass is 16.2. The van der Waals surface area contributed by atoms with Crippen LogP contribution in [0.5, 0.6) is 0 Å². The molecule has 34 heavy (non-hydrogen) atoms. The fourth-order valence-electron chi connectivity index (χ4n) is 5.31. The number of likely N-dealkylation sites (tertiary alicyclic amines) is 1. The van der Waals surface area contributed by atoms with Gasteiger partial charge in [0.15, 0.2) is 5.82 Å². The van der Waals surface area contributed by atoms with Crippen molar-refractivity contribution in [2.24, 2.45) is 10.4 Å². The molecule has 1 amide bonds. The lowest BCUT2D eigenvalue weighted by atomic mass is 9.71. The number of hydrogen-bond donors (Lipinski definition) is 2. The normalized spacial score (nSPS) is 18.3. The number of aromatic amines is 1. The molecule has 2 fully saturated rings. The molecule has 8 nitrogen and oxygen atoms in total. The topological polar surface area (TPSA) is 101 Å². The van der Waals surface area contributed by atoms with E-state index in [1.54, 1.807) is 6.21 Å². The number of aryl methyl sites for hydroxylation is 1. The van der Waals surface area contributed by atoms with E-state index < -0.39 is 0 Å². The van der Waals surface area contributed by atoms with Crippen molar-refractivity contribution >= 4 is 41.0 Å². The lowest BCUT2D eigenvalue weighted by Crippen LogP contribution is -2.53. The molecule has 3 aromatic rings. The maximum absolute atomic E-state index is 13.7. The van der Waals surface area contributed by atoms with Crippen molar-refractivity contribution in [2.45, 2.75) is 45.6 Å². The SMILES string of the molecule is Cc1cc(N=CCC=N)nc(N2CCC3(CCCN(Cc4c[nH]c5ccccc45)C3=O)CC2)n1. The number of H-pyrrole nitrogens is 1. The van der Waals surface area contributed by atoms with Crippen LogP contribution < -0.4 is 4.90 Å². The van der Waals surface area contributed by atoms with Gasteiger partial charge in [0.05, 0.1) is 5.41 Å². The summed E-state index contributed by atoms with van der Waals surface area (Å²) in [7, 11) is 0. The van der Waals surface area contributed by atoms with Gasteiger partial charge in [0, 0.05) is 73.9 Å². The van der Waals surface area contributed by atoms with E-state index in [0.29, 0.717) is 30.6 Å². The number of fused-ring (bicyclic) bond motifs is 1. The molecule has 0 atom stereocenters. The van der Waals surface area contributed by atoms with Crippen molar-refractivity contribution < 1.29 is 4.79 Å². The molecule has 4 heterocycles. The largest absolute Gasteiger partial charge is 0.361 e. The molecule has 2 N–H and O–H groups in total. The first-order valence-electron chi connectivity index (χ1n) is 12.0. The minimum absolute atomic E-state index is 0.282. The fourth-order valence-corrected chi connectivity index (χ4v) is 5.31. The van der Waals surface area contributed by atoms with Crippen LogP contribution in [0.15, 0.2) is 41.5 Å². The number of rotatable bonds is 6. The van der Waals surface area contributed by atoms with Gasteiger partial charge in [0.1, 0.15) is 0 Å². The standard InChI is InChI=1S/C26H31N7O/c1-19-16-23(28-12-5-11-27)31-25(30-19)32-14-9-26(10-15-32)8-4-13-33(24(26)34)18-20-17-29-22-7-3-2-6-21(20)22/h2-3,6-7,11-12,16-17,27,29H,4-5,8-10,13-15,18H2,1H3. The Morgan fingerprint density at radius 3 is 2.82 bits per heavy atom. The molecule has 2 aliphatic rings. The fraction of sp³-hybridized carbons (Fsp3) is 0.423. The number of para-hydroxylation sites is 1. The third-order valence-corrected chi connectivity index (χ3v) is 7.14. The zero-order chi connectivity index (χ0) is 23.5. The average Bonchev–Trinajstić information content (AvgIpc) is 3.25. The van der Waals surface area contributed by atoms with Gasteiger partial charge in [-0.3, -0.25) is 4.79 Å². The first kappa shape index (κ1) is 22.3. The number of benzene rings is 1. The van der Waals surface area contributed by atoms with Crippen molar-refractivity contribution in [2.75, 3.05) is 24.5 Å². The highest BCUT2D eigenvalue weighted by Crippen LogP contribution is 2.42. The number of piperidine rings is 2. The summed E-state index contributed by atoms with van der Waals surface area (Å²) < 4.78 is 0. The molecule has 5 rings (SSSR count). The molecule has 176 valence electrons. The van der Waals surface area contributed by atoms with E-state index in [2.05, 4.69) is 41.9 Å². The number of aliphatic imine (C=N–C) groups is 1. The van der Waals surface area contributed by atoms with Gasteiger partial charge in [-0.15, -0.1) is 0 Å². The monoisotopic (exact) mass is 457 g/mol. The summed E-state index contributed by atoms with van der Waals surface area (Å²) in [5.74, 6) is 1.59. The van der Waals surface area contributed by atoms with Crippen molar-refractivity contribution in [3.05, 3.63) is 47.8 Å². The van der Waals surface area contributed by atoms with Crippen LogP contribution in [0.4, 0.5) is 11.8 Å². The Morgan fingerprint density at radius 1 is 1.18 bits per heavy atom. The number of hydrogen-bond acceptors (Lipinski definition) is 6. The van der Waals surface area contributed by atoms with E-state index in [4.69, 9.17) is 5.41 Å². The summed E-state index contributed by atoms with van der Waals surface area (Å²) >= 11 is 0. The predicted octanol–water partition coefficient (Wildman–Crippen LogP) is 4.42. The Hall–Kier alpha value is -3.55. The Labute approximate surface area is 199 Å². The first-order chi connectivity index (χ1) is 16.6. The van der Waals surface area contributed by atoms with Crippen LogP contribution in [0.1, 0.15) is 43.4 Å². The van der Waals surface area contributed by atoms with Gasteiger partial charge in [0.25, 0.3) is 0 Å². The maximum Gasteiger partial charge on any atom is 0.229 e. The summed E-state index contributed by atoms with van der Waals surface area (Å²) in [6.45, 7) is 4.95. The van der Waals surface area contributed by atoms with Crippen molar-refractivity contribution in [3.63, 3.8) is 0 Å². The smallest absolute Gasteiger partial charge is 0.229 e. The van der Waals surface area contributed by atoms with Crippen LogP contribution in [0.25, 0.3) is 10.9 Å². The first-order valence-corrected chi connectivity index (χ1v) is 12.0. The van der Waals surface area contributed by atoms with Gasteiger partial charge < -0.3 is 20.2 Å². The quantitative estimate of drug-likeness (QED) is 0.535. The molecule has 2 aliphatic heterocycles. The molecule has 0 saturated carbocycles. The Kier molecular flexibility index (Phi) is 6.13. The van der Waals surface area contributed by atoms with Crippen LogP contribution in [-0.4, -0.2) is 57.8 Å². The van der Waals surface area contributed by atoms with Gasteiger partial charge in [-0.1, -0.05) is 18.2 Å². The number of carbonyl (C=O) groups excluding carboxylic acids is 1. The van der Waals surface area contributed by atoms with Gasteiger partial charge in [0.2, 0.25) is 11.9 Å². The van der Waals surface area contributed by atoms with Crippen LogP contribution in [0.2, 0.25) is 0 Å². The molecule has 0 bridgehead atoms. The van der Waals surface area contributed by atoms with Gasteiger partial charge in [-0.25, -0.2) is 9.98 Å². The Morgan fingerprint density at radius 2 is 2.00 bits per heavy atom. The summed E-state index contributed by atoms with van der Waals surface area (Å²) in [4.78, 5) is 34.9. The molecule has 0 aliphatic carbocycles. The lowest BCUT2D eigenvalue weighted by molar-refractivity contribution is -0.148. The van der Waals surface area contributed by atoms with Gasteiger partial charge in [-0.2, -0.15) is 4.98 Å². The Balaban J connectivity index is 1.28. The van der Waals surface area contributed by atoms with Crippen LogP contribution in [0, 0.1) is 17.7 Å². The zero-order valence-corrected chi connectivity index (χ0v) is 19.6. The van der Waals surface area contributed by atoms with E-state index in [-0.39, 0.29) is 5.41 Å². The summed E-state index contributed by atoms with van der Waals surface area (Å²) in [6.07, 6.45) is 9.16. The van der Waals surface area contributed by atoms with Crippen LogP contribution >= 0.6 is 0 Å². The molecule has 0 unspecified atom stereocenters. The molecule has 0 radical (unpaired) electrons. The summed E-state index contributed by atoms with van der Waals surface area (Å²) in [5.41, 5.74) is 2.88.